The second kappa shape index (κ2) is 11.8. The Hall–Kier alpha value is -4.64. The van der Waals surface area contributed by atoms with E-state index in [9.17, 15) is 36.0 Å². The number of fused-ring (bicyclic) bond motifs is 2. The van der Waals surface area contributed by atoms with Crippen molar-refractivity contribution < 1.29 is 53.9 Å². The predicted octanol–water partition coefficient (Wildman–Crippen LogP) is 1.71. The predicted molar refractivity (Wildman–Crippen MR) is 149 cm³/mol. The smallest absolute Gasteiger partial charge is 0.300 e. The molecule has 0 atom stereocenters. The third-order valence-corrected chi connectivity index (χ3v) is 9.52. The minimum Gasteiger partial charge on any atom is -0.495 e. The summed E-state index contributed by atoms with van der Waals surface area (Å²) in [5.41, 5.74) is 0.704. The topological polar surface area (TPSA) is 180 Å². The first kappa shape index (κ1) is 30.8. The van der Waals surface area contributed by atoms with Crippen molar-refractivity contribution in [2.45, 2.75) is 9.79 Å². The summed E-state index contributed by atoms with van der Waals surface area (Å²) in [4.78, 5) is 50.5. The summed E-state index contributed by atoms with van der Waals surface area (Å²) in [5, 5.41) is 0. The molecule has 0 unspecified atom stereocenters. The number of amides is 4. The minimum atomic E-state index is -4.73. The second-order valence-corrected chi connectivity index (χ2v) is 12.5. The van der Waals surface area contributed by atoms with Gasteiger partial charge in [0.25, 0.3) is 23.6 Å². The van der Waals surface area contributed by atoms with E-state index >= 15 is 0 Å². The highest BCUT2D eigenvalue weighted by atomic mass is 32.2. The van der Waals surface area contributed by atoms with E-state index in [4.69, 9.17) is 17.8 Å². The Bertz CT molecular complexity index is 1720. The maximum absolute atomic E-state index is 13.2. The molecule has 0 saturated carbocycles. The zero-order valence-corrected chi connectivity index (χ0v) is 24.8. The zero-order chi connectivity index (χ0) is 31.8. The summed E-state index contributed by atoms with van der Waals surface area (Å²) in [5.74, 6) is -3.10. The van der Waals surface area contributed by atoms with Gasteiger partial charge >= 0.3 is 20.2 Å². The van der Waals surface area contributed by atoms with Crippen LogP contribution in [0.4, 0.5) is 0 Å². The molecule has 0 fully saturated rings. The third kappa shape index (κ3) is 5.43. The van der Waals surface area contributed by atoms with E-state index in [1.54, 1.807) is 24.3 Å². The number of hydrogen-bond donors (Lipinski definition) is 0. The van der Waals surface area contributed by atoms with Crippen LogP contribution in [0.5, 0.6) is 11.5 Å². The Labute approximate surface area is 251 Å². The van der Waals surface area contributed by atoms with E-state index < -0.39 is 80.0 Å². The number of ether oxygens (including phenoxy) is 2. The van der Waals surface area contributed by atoms with Crippen LogP contribution in [0, 0.1) is 0 Å². The van der Waals surface area contributed by atoms with Crippen LogP contribution >= 0.6 is 0 Å². The summed E-state index contributed by atoms with van der Waals surface area (Å²) in [6.07, 6.45) is 0. The van der Waals surface area contributed by atoms with Gasteiger partial charge in [-0.1, -0.05) is 24.3 Å². The van der Waals surface area contributed by atoms with Crippen molar-refractivity contribution >= 4 is 43.9 Å². The highest BCUT2D eigenvalue weighted by Crippen LogP contribution is 2.36. The Balaban J connectivity index is 1.31. The average molecular weight is 645 g/mol. The summed E-state index contributed by atoms with van der Waals surface area (Å²) >= 11 is 0. The van der Waals surface area contributed by atoms with Crippen LogP contribution < -0.4 is 9.47 Å². The summed E-state index contributed by atoms with van der Waals surface area (Å²) in [6, 6.07) is 14.0. The largest absolute Gasteiger partial charge is 0.495 e. The van der Waals surface area contributed by atoms with Crippen LogP contribution in [-0.4, -0.2) is 90.8 Å². The molecule has 5 rings (SSSR count). The van der Waals surface area contributed by atoms with Gasteiger partial charge in [-0.3, -0.25) is 37.3 Å². The van der Waals surface area contributed by atoms with Crippen molar-refractivity contribution in [2.24, 2.45) is 0 Å². The van der Waals surface area contributed by atoms with Crippen molar-refractivity contribution in [1.29, 1.82) is 0 Å². The monoisotopic (exact) mass is 644 g/mol. The standard InChI is InChI=1S/C28H24N2O12S2/c1-39-21-15-22(40-2)24(44(37,38)42-14-12-30-27(33)19-9-5-6-10-20(19)28(30)34)16-23(21)43(35,36)41-13-11-29-25(31)17-7-3-4-8-18(17)26(29)32/h3-10,15-16H,11-14H2,1-2H3. The average Bonchev–Trinajstić information content (AvgIpc) is 3.40. The van der Waals surface area contributed by atoms with E-state index in [1.165, 1.54) is 24.3 Å². The molecule has 2 heterocycles. The highest BCUT2D eigenvalue weighted by Gasteiger charge is 2.37. The lowest BCUT2D eigenvalue weighted by Crippen LogP contribution is -2.33. The van der Waals surface area contributed by atoms with Crippen molar-refractivity contribution in [2.75, 3.05) is 40.5 Å². The van der Waals surface area contributed by atoms with Crippen molar-refractivity contribution in [3.8, 4) is 11.5 Å². The Kier molecular flexibility index (Phi) is 8.26. The highest BCUT2D eigenvalue weighted by molar-refractivity contribution is 7.87. The van der Waals surface area contributed by atoms with E-state index in [-0.39, 0.29) is 33.8 Å². The fourth-order valence-electron chi connectivity index (χ4n) is 4.72. The SMILES string of the molecule is COc1cc(OC)c(S(=O)(=O)OCCN2C(=O)c3ccccc3C2=O)cc1S(=O)(=O)OCCN1C(=O)c2ccccc2C1=O. The Morgan fingerprint density at radius 2 is 0.864 bits per heavy atom. The molecule has 0 saturated heterocycles. The van der Waals surface area contributed by atoms with Crippen molar-refractivity contribution in [3.05, 3.63) is 82.9 Å². The number of methoxy groups -OCH3 is 2. The normalized spacial score (nSPS) is 14.7. The molecule has 3 aromatic carbocycles. The van der Waals surface area contributed by atoms with Crippen LogP contribution in [0.3, 0.4) is 0 Å². The van der Waals surface area contributed by atoms with Gasteiger partial charge in [0.15, 0.2) is 0 Å². The molecule has 0 N–H and O–H groups in total. The lowest BCUT2D eigenvalue weighted by Gasteiger charge is -2.17. The Morgan fingerprint density at radius 1 is 0.545 bits per heavy atom. The van der Waals surface area contributed by atoms with Gasteiger partial charge in [0.05, 0.1) is 62.8 Å². The fraction of sp³-hybridized carbons (Fsp3) is 0.214. The first-order valence-corrected chi connectivity index (χ1v) is 15.7. The molecule has 230 valence electrons. The molecule has 16 heteroatoms. The van der Waals surface area contributed by atoms with E-state index in [0.29, 0.717) is 6.07 Å². The van der Waals surface area contributed by atoms with Gasteiger partial charge in [0, 0.05) is 6.07 Å². The number of hydrogen-bond acceptors (Lipinski definition) is 12. The van der Waals surface area contributed by atoms with E-state index in [0.717, 1.165) is 30.1 Å². The summed E-state index contributed by atoms with van der Waals surface area (Å²) < 4.78 is 73.0. The molecular formula is C28H24N2O12S2. The fourth-order valence-corrected chi connectivity index (χ4v) is 6.94. The number of rotatable bonds is 12. The molecule has 4 amide bonds. The first-order chi connectivity index (χ1) is 20.9. The first-order valence-electron chi connectivity index (χ1n) is 12.9. The van der Waals surface area contributed by atoms with Gasteiger partial charge in [-0.05, 0) is 30.3 Å². The molecular weight excluding hydrogens is 620 g/mol. The quantitative estimate of drug-likeness (QED) is 0.206. The van der Waals surface area contributed by atoms with Gasteiger partial charge in [-0.15, -0.1) is 0 Å². The number of imide groups is 2. The molecule has 0 bridgehead atoms. The van der Waals surface area contributed by atoms with Gasteiger partial charge in [0.1, 0.15) is 21.3 Å². The van der Waals surface area contributed by atoms with Gasteiger partial charge in [-0.2, -0.15) is 16.8 Å². The maximum Gasteiger partial charge on any atom is 0.300 e. The molecule has 2 aliphatic rings. The third-order valence-electron chi connectivity index (χ3n) is 6.85. The van der Waals surface area contributed by atoms with Crippen LogP contribution in [0.15, 0.2) is 70.5 Å². The molecule has 3 aromatic rings. The molecule has 0 spiro atoms. The van der Waals surface area contributed by atoms with Gasteiger partial charge < -0.3 is 9.47 Å². The molecule has 0 aliphatic carbocycles. The zero-order valence-electron chi connectivity index (χ0n) is 23.2. The molecule has 2 aliphatic heterocycles. The molecule has 14 nitrogen and oxygen atoms in total. The van der Waals surface area contributed by atoms with Crippen LogP contribution in [0.25, 0.3) is 0 Å². The van der Waals surface area contributed by atoms with Crippen LogP contribution in [-0.2, 0) is 28.6 Å². The second-order valence-electron chi connectivity index (χ2n) is 9.32. The molecule has 0 radical (unpaired) electrons. The summed E-state index contributed by atoms with van der Waals surface area (Å²) in [6.45, 7) is -2.09. The number of carbonyl (C=O) groups excluding carboxylic acids is 4. The van der Waals surface area contributed by atoms with Crippen LogP contribution in [0.1, 0.15) is 41.4 Å². The van der Waals surface area contributed by atoms with E-state index in [2.05, 4.69) is 0 Å². The lowest BCUT2D eigenvalue weighted by atomic mass is 10.1. The molecule has 44 heavy (non-hydrogen) atoms. The number of benzene rings is 3. The number of nitrogens with zero attached hydrogens (tertiary/aromatic N) is 2. The maximum atomic E-state index is 13.2. The van der Waals surface area contributed by atoms with Gasteiger partial charge in [-0.25, -0.2) is 0 Å². The van der Waals surface area contributed by atoms with Crippen molar-refractivity contribution in [1.82, 2.24) is 9.80 Å². The van der Waals surface area contributed by atoms with Crippen molar-refractivity contribution in [3.63, 3.8) is 0 Å². The summed E-state index contributed by atoms with van der Waals surface area (Å²) in [7, 11) is -7.19. The Morgan fingerprint density at radius 3 is 1.16 bits per heavy atom. The number of carbonyl (C=O) groups is 4. The lowest BCUT2D eigenvalue weighted by molar-refractivity contribution is 0.0618. The van der Waals surface area contributed by atoms with E-state index in [1.807, 2.05) is 0 Å². The van der Waals surface area contributed by atoms with Crippen LogP contribution in [0.2, 0.25) is 0 Å². The van der Waals surface area contributed by atoms with Gasteiger partial charge in [0.2, 0.25) is 0 Å². The minimum absolute atomic E-state index is 0.176. The molecule has 0 aromatic heterocycles.